The van der Waals surface area contributed by atoms with E-state index in [2.05, 4.69) is 39.1 Å². The van der Waals surface area contributed by atoms with E-state index in [0.717, 1.165) is 48.7 Å². The summed E-state index contributed by atoms with van der Waals surface area (Å²) in [5.41, 5.74) is 3.17. The molecule has 0 aliphatic carbocycles. The molecule has 0 aliphatic rings. The number of aryl methyl sites for hydroxylation is 2. The second-order valence-corrected chi connectivity index (χ2v) is 6.07. The molecule has 3 heteroatoms. The summed E-state index contributed by atoms with van der Waals surface area (Å²) >= 11 is 0. The normalized spacial score (nSPS) is 11.8. The molecule has 1 aromatic heterocycles. The fourth-order valence-electron chi connectivity index (χ4n) is 2.14. The van der Waals surface area contributed by atoms with Crippen molar-refractivity contribution in [3.8, 4) is 0 Å². The Labute approximate surface area is 111 Å². The number of unbranched alkanes of at least 4 members (excludes halogenated alkanes) is 1. The van der Waals surface area contributed by atoms with Crippen LogP contribution in [0.25, 0.3) is 0 Å². The average Bonchev–Trinajstić information content (AvgIpc) is 2.67. The first-order chi connectivity index (χ1) is 8.46. The van der Waals surface area contributed by atoms with Crippen molar-refractivity contribution in [2.75, 3.05) is 27.7 Å². The summed E-state index contributed by atoms with van der Waals surface area (Å²) in [5.74, 6) is 0. The van der Waals surface area contributed by atoms with Gasteiger partial charge in [0.15, 0.2) is 6.29 Å². The van der Waals surface area contributed by atoms with Gasteiger partial charge in [-0.25, -0.2) is 0 Å². The molecule has 18 heavy (non-hydrogen) atoms. The number of aldehydes is 1. The minimum atomic E-state index is 0.781. The number of carbonyl (C=O) groups is 1. The number of quaternary nitrogens is 1. The molecule has 1 heterocycles. The third kappa shape index (κ3) is 5.05. The largest absolute Gasteiger partial charge is 0.356 e. The molecular formula is C15H27N2O+. The van der Waals surface area contributed by atoms with Gasteiger partial charge in [-0.05, 0) is 30.9 Å². The van der Waals surface area contributed by atoms with Crippen LogP contribution in [0.4, 0.5) is 0 Å². The van der Waals surface area contributed by atoms with Crippen molar-refractivity contribution in [2.45, 2.75) is 39.0 Å². The standard InChI is InChI=1S/C15H26N2O/c1-5-6-8-13-11-14(16-15(13)12-18)9-7-10-17(2,3)4/h11-12H,5-10H2,1-4H3/p+1. The Morgan fingerprint density at radius 3 is 2.50 bits per heavy atom. The minimum absolute atomic E-state index is 0.781. The molecule has 0 radical (unpaired) electrons. The van der Waals surface area contributed by atoms with E-state index in [1.54, 1.807) is 0 Å². The number of hydrogen-bond donors (Lipinski definition) is 1. The van der Waals surface area contributed by atoms with Gasteiger partial charge in [-0.15, -0.1) is 0 Å². The Morgan fingerprint density at radius 2 is 1.94 bits per heavy atom. The Hall–Kier alpha value is -1.09. The van der Waals surface area contributed by atoms with E-state index < -0.39 is 0 Å². The first kappa shape index (κ1) is 15.0. The lowest BCUT2D eigenvalue weighted by Crippen LogP contribution is -2.35. The predicted molar refractivity (Wildman–Crippen MR) is 76.0 cm³/mol. The fourth-order valence-corrected chi connectivity index (χ4v) is 2.14. The van der Waals surface area contributed by atoms with Crippen LogP contribution in [0.1, 0.15) is 47.9 Å². The topological polar surface area (TPSA) is 32.9 Å². The lowest BCUT2D eigenvalue weighted by molar-refractivity contribution is -0.870. The monoisotopic (exact) mass is 251 g/mol. The molecule has 0 aromatic carbocycles. The number of H-pyrrole nitrogens is 1. The second-order valence-electron chi connectivity index (χ2n) is 6.07. The van der Waals surface area contributed by atoms with Gasteiger partial charge >= 0.3 is 0 Å². The highest BCUT2D eigenvalue weighted by Crippen LogP contribution is 2.14. The van der Waals surface area contributed by atoms with Crippen LogP contribution in [0.3, 0.4) is 0 Å². The molecule has 0 bridgehead atoms. The number of aromatic nitrogens is 1. The molecule has 3 nitrogen and oxygen atoms in total. The van der Waals surface area contributed by atoms with Crippen LogP contribution in [0, 0.1) is 0 Å². The van der Waals surface area contributed by atoms with Crippen LogP contribution in [-0.4, -0.2) is 43.4 Å². The Morgan fingerprint density at radius 1 is 1.22 bits per heavy atom. The van der Waals surface area contributed by atoms with Crippen LogP contribution in [-0.2, 0) is 12.8 Å². The number of nitrogens with one attached hydrogen (secondary N) is 1. The van der Waals surface area contributed by atoms with Crippen molar-refractivity contribution < 1.29 is 9.28 Å². The van der Waals surface area contributed by atoms with E-state index in [0.29, 0.717) is 0 Å². The van der Waals surface area contributed by atoms with E-state index in [1.807, 2.05) is 0 Å². The maximum atomic E-state index is 11.0. The van der Waals surface area contributed by atoms with Crippen molar-refractivity contribution in [1.29, 1.82) is 0 Å². The van der Waals surface area contributed by atoms with Crippen LogP contribution in [0.5, 0.6) is 0 Å². The van der Waals surface area contributed by atoms with Crippen LogP contribution in [0.15, 0.2) is 6.07 Å². The van der Waals surface area contributed by atoms with Crippen LogP contribution in [0.2, 0.25) is 0 Å². The Balaban J connectivity index is 2.56. The number of rotatable bonds is 8. The lowest BCUT2D eigenvalue weighted by Gasteiger charge is -2.23. The van der Waals surface area contributed by atoms with Gasteiger partial charge in [0, 0.05) is 12.1 Å². The average molecular weight is 251 g/mol. The summed E-state index contributed by atoms with van der Waals surface area (Å²) in [4.78, 5) is 14.3. The van der Waals surface area contributed by atoms with Gasteiger partial charge in [0.2, 0.25) is 0 Å². The van der Waals surface area contributed by atoms with Crippen LogP contribution >= 0.6 is 0 Å². The van der Waals surface area contributed by atoms with E-state index in [9.17, 15) is 4.79 Å². The van der Waals surface area contributed by atoms with Gasteiger partial charge in [-0.1, -0.05) is 13.3 Å². The lowest BCUT2D eigenvalue weighted by atomic mass is 10.1. The summed E-state index contributed by atoms with van der Waals surface area (Å²) in [7, 11) is 6.62. The van der Waals surface area contributed by atoms with Crippen molar-refractivity contribution >= 4 is 6.29 Å². The van der Waals surface area contributed by atoms with Crippen LogP contribution < -0.4 is 0 Å². The third-order valence-electron chi connectivity index (χ3n) is 3.18. The number of carbonyl (C=O) groups excluding carboxylic acids is 1. The summed E-state index contributed by atoms with van der Waals surface area (Å²) in [6.45, 7) is 3.33. The molecule has 1 aromatic rings. The second kappa shape index (κ2) is 6.74. The van der Waals surface area contributed by atoms with Gasteiger partial charge in [-0.3, -0.25) is 4.79 Å². The van der Waals surface area contributed by atoms with Crippen molar-refractivity contribution in [2.24, 2.45) is 0 Å². The van der Waals surface area contributed by atoms with Crippen molar-refractivity contribution in [3.05, 3.63) is 23.0 Å². The van der Waals surface area contributed by atoms with Gasteiger partial charge in [0.1, 0.15) is 0 Å². The minimum Gasteiger partial charge on any atom is -0.356 e. The smallest absolute Gasteiger partial charge is 0.166 e. The van der Waals surface area contributed by atoms with Gasteiger partial charge in [0.05, 0.1) is 33.4 Å². The first-order valence-electron chi connectivity index (χ1n) is 6.92. The third-order valence-corrected chi connectivity index (χ3v) is 3.18. The number of nitrogens with zero attached hydrogens (tertiary/aromatic N) is 1. The Kier molecular flexibility index (Phi) is 5.60. The molecule has 0 fully saturated rings. The fraction of sp³-hybridized carbons (Fsp3) is 0.667. The molecule has 1 rings (SSSR count). The van der Waals surface area contributed by atoms with Crippen molar-refractivity contribution in [3.63, 3.8) is 0 Å². The molecule has 102 valence electrons. The summed E-state index contributed by atoms with van der Waals surface area (Å²) in [5, 5.41) is 0. The highest BCUT2D eigenvalue weighted by molar-refractivity contribution is 5.74. The maximum absolute atomic E-state index is 11.0. The summed E-state index contributed by atoms with van der Waals surface area (Å²) in [6, 6.07) is 2.18. The first-order valence-corrected chi connectivity index (χ1v) is 6.92. The quantitative estimate of drug-likeness (QED) is 0.559. The van der Waals surface area contributed by atoms with Gasteiger partial charge in [-0.2, -0.15) is 0 Å². The van der Waals surface area contributed by atoms with E-state index >= 15 is 0 Å². The Bertz CT molecular complexity index is 374. The SMILES string of the molecule is CCCCc1cc(CCC[N+](C)(C)C)[nH]c1C=O. The molecule has 1 N–H and O–H groups in total. The molecule has 0 aliphatic heterocycles. The van der Waals surface area contributed by atoms with Gasteiger partial charge in [0.25, 0.3) is 0 Å². The summed E-state index contributed by atoms with van der Waals surface area (Å²) in [6.07, 6.45) is 6.46. The van der Waals surface area contributed by atoms with E-state index in [1.165, 1.54) is 17.7 Å². The number of aromatic amines is 1. The summed E-state index contributed by atoms with van der Waals surface area (Å²) < 4.78 is 0.990. The van der Waals surface area contributed by atoms with E-state index in [4.69, 9.17) is 0 Å². The zero-order valence-electron chi connectivity index (χ0n) is 12.3. The number of hydrogen-bond acceptors (Lipinski definition) is 1. The zero-order chi connectivity index (χ0) is 13.6. The molecule has 0 amide bonds. The highest BCUT2D eigenvalue weighted by atomic mass is 16.1. The molecule has 0 atom stereocenters. The molecular weight excluding hydrogens is 224 g/mol. The molecule has 0 saturated heterocycles. The molecule has 0 saturated carbocycles. The maximum Gasteiger partial charge on any atom is 0.166 e. The predicted octanol–water partition coefficient (Wildman–Crippen LogP) is 2.81. The van der Waals surface area contributed by atoms with Gasteiger partial charge < -0.3 is 9.47 Å². The molecule has 0 unspecified atom stereocenters. The molecule has 0 spiro atoms. The highest BCUT2D eigenvalue weighted by Gasteiger charge is 2.10. The van der Waals surface area contributed by atoms with E-state index in [-0.39, 0.29) is 0 Å². The van der Waals surface area contributed by atoms with Crippen molar-refractivity contribution in [1.82, 2.24) is 4.98 Å². The zero-order valence-corrected chi connectivity index (χ0v) is 12.3.